The lowest BCUT2D eigenvalue weighted by Gasteiger charge is -1.98. The second-order valence-corrected chi connectivity index (χ2v) is 4.50. The molecule has 0 N–H and O–H groups in total. The Morgan fingerprint density at radius 3 is 2.06 bits per heavy atom. The van der Waals surface area contributed by atoms with Crippen LogP contribution in [0.15, 0.2) is 12.2 Å². The van der Waals surface area contributed by atoms with Gasteiger partial charge in [0.15, 0.2) is 0 Å². The van der Waals surface area contributed by atoms with Crippen molar-refractivity contribution in [3.8, 4) is 0 Å². The van der Waals surface area contributed by atoms with E-state index in [0.717, 1.165) is 19.3 Å². The Balaban J connectivity index is 3.11. The lowest BCUT2D eigenvalue weighted by atomic mass is 10.1. The van der Waals surface area contributed by atoms with Crippen LogP contribution in [0, 0.1) is 0 Å². The third-order valence-corrected chi connectivity index (χ3v) is 2.87. The molecule has 17 heavy (non-hydrogen) atoms. The maximum atomic E-state index is 10.8. The van der Waals surface area contributed by atoms with Crippen LogP contribution in [0.25, 0.3) is 0 Å². The van der Waals surface area contributed by atoms with Crippen LogP contribution in [-0.4, -0.2) is 13.1 Å². The first-order chi connectivity index (χ1) is 8.31. The molecule has 0 bridgehead atoms. The van der Waals surface area contributed by atoms with Crippen LogP contribution in [0.5, 0.6) is 0 Å². The molecule has 0 unspecified atom stereocenters. The first-order valence-electron chi connectivity index (χ1n) is 7.03. The average Bonchev–Trinajstić information content (AvgIpc) is 2.35. The van der Waals surface area contributed by atoms with Gasteiger partial charge >= 0.3 is 5.97 Å². The summed E-state index contributed by atoms with van der Waals surface area (Å²) >= 11 is 0. The fraction of sp³-hybridized carbons (Fsp3) is 0.800. The number of rotatable bonds is 11. The third kappa shape index (κ3) is 13.1. The number of unbranched alkanes of at least 4 members (excludes halogenated alkanes) is 7. The van der Waals surface area contributed by atoms with Crippen molar-refractivity contribution < 1.29 is 9.53 Å². The number of hydrogen-bond acceptors (Lipinski definition) is 2. The van der Waals surface area contributed by atoms with Gasteiger partial charge in [-0.3, -0.25) is 4.79 Å². The summed E-state index contributed by atoms with van der Waals surface area (Å²) in [4.78, 5) is 10.8. The molecular formula is C15H28O2. The highest BCUT2D eigenvalue weighted by atomic mass is 16.5. The molecule has 0 rings (SSSR count). The highest BCUT2D eigenvalue weighted by molar-refractivity contribution is 5.68. The van der Waals surface area contributed by atoms with Gasteiger partial charge in [-0.1, -0.05) is 44.8 Å². The topological polar surface area (TPSA) is 26.3 Å². The van der Waals surface area contributed by atoms with E-state index in [9.17, 15) is 4.79 Å². The summed E-state index contributed by atoms with van der Waals surface area (Å²) in [5.41, 5.74) is 0. The second-order valence-electron chi connectivity index (χ2n) is 4.50. The zero-order valence-electron chi connectivity index (χ0n) is 11.5. The van der Waals surface area contributed by atoms with Gasteiger partial charge in [0, 0.05) is 6.42 Å². The first-order valence-corrected chi connectivity index (χ1v) is 7.03. The molecule has 0 amide bonds. The number of carbonyl (C=O) groups excluding carboxylic acids is 1. The Morgan fingerprint density at radius 2 is 1.53 bits per heavy atom. The lowest BCUT2D eigenvalue weighted by Crippen LogP contribution is -1.98. The molecule has 0 spiro atoms. The number of carbonyl (C=O) groups is 1. The quantitative estimate of drug-likeness (QED) is 0.299. The van der Waals surface area contributed by atoms with Crippen molar-refractivity contribution in [1.82, 2.24) is 0 Å². The summed E-state index contributed by atoms with van der Waals surface area (Å²) in [5, 5.41) is 0. The summed E-state index contributed by atoms with van der Waals surface area (Å²) in [6.45, 7) is 2.24. The van der Waals surface area contributed by atoms with Crippen molar-refractivity contribution in [2.45, 2.75) is 71.1 Å². The summed E-state index contributed by atoms with van der Waals surface area (Å²) in [6.07, 6.45) is 16.1. The minimum absolute atomic E-state index is 0.0866. The minimum atomic E-state index is -0.0866. The van der Waals surface area contributed by atoms with E-state index in [0.29, 0.717) is 6.42 Å². The standard InChI is InChI=1S/C15H28O2/c1-3-4-5-6-7-8-9-10-11-12-13-14-15(16)17-2/h8-9H,3-7,10-14H2,1-2H3/b9-8+. The molecule has 0 saturated carbocycles. The van der Waals surface area contributed by atoms with Gasteiger partial charge in [-0.2, -0.15) is 0 Å². The summed E-state index contributed by atoms with van der Waals surface area (Å²) in [6, 6.07) is 0. The van der Waals surface area contributed by atoms with Crippen LogP contribution in [0.1, 0.15) is 71.1 Å². The Morgan fingerprint density at radius 1 is 0.941 bits per heavy atom. The molecule has 0 radical (unpaired) electrons. The van der Waals surface area contributed by atoms with E-state index in [1.54, 1.807) is 0 Å². The molecule has 0 aromatic carbocycles. The maximum absolute atomic E-state index is 10.8. The minimum Gasteiger partial charge on any atom is -0.469 e. The second kappa shape index (κ2) is 13.3. The van der Waals surface area contributed by atoms with Crippen molar-refractivity contribution in [2.75, 3.05) is 7.11 Å². The van der Waals surface area contributed by atoms with Crippen molar-refractivity contribution in [2.24, 2.45) is 0 Å². The van der Waals surface area contributed by atoms with Crippen LogP contribution in [0.3, 0.4) is 0 Å². The van der Waals surface area contributed by atoms with Crippen molar-refractivity contribution in [1.29, 1.82) is 0 Å². The van der Waals surface area contributed by atoms with Crippen molar-refractivity contribution in [3.05, 3.63) is 12.2 Å². The molecule has 0 aliphatic rings. The monoisotopic (exact) mass is 240 g/mol. The zero-order chi connectivity index (χ0) is 12.8. The average molecular weight is 240 g/mol. The number of esters is 1. The molecule has 0 saturated heterocycles. The normalized spacial score (nSPS) is 10.9. The summed E-state index contributed by atoms with van der Waals surface area (Å²) in [5.74, 6) is -0.0866. The zero-order valence-corrected chi connectivity index (χ0v) is 11.5. The van der Waals surface area contributed by atoms with E-state index in [-0.39, 0.29) is 5.97 Å². The highest BCUT2D eigenvalue weighted by Crippen LogP contribution is 2.06. The Hall–Kier alpha value is -0.790. The Kier molecular flexibility index (Phi) is 12.7. The molecule has 2 nitrogen and oxygen atoms in total. The lowest BCUT2D eigenvalue weighted by molar-refractivity contribution is -0.140. The van der Waals surface area contributed by atoms with Crippen LogP contribution in [0.2, 0.25) is 0 Å². The molecule has 0 aromatic rings. The van der Waals surface area contributed by atoms with E-state index in [4.69, 9.17) is 0 Å². The Labute approximate surface area is 106 Å². The summed E-state index contributed by atoms with van der Waals surface area (Å²) in [7, 11) is 1.45. The first kappa shape index (κ1) is 16.2. The van der Waals surface area contributed by atoms with E-state index >= 15 is 0 Å². The van der Waals surface area contributed by atoms with Gasteiger partial charge < -0.3 is 4.74 Å². The molecule has 0 fully saturated rings. The highest BCUT2D eigenvalue weighted by Gasteiger charge is 1.97. The van der Waals surface area contributed by atoms with E-state index in [1.165, 1.54) is 45.6 Å². The molecule has 2 heteroatoms. The van der Waals surface area contributed by atoms with Gasteiger partial charge in [-0.25, -0.2) is 0 Å². The number of methoxy groups -OCH3 is 1. The fourth-order valence-electron chi connectivity index (χ4n) is 1.74. The van der Waals surface area contributed by atoms with Gasteiger partial charge in [0.05, 0.1) is 7.11 Å². The SMILES string of the molecule is CCCCCC/C=C/CCCCCC(=O)OC. The Bertz CT molecular complexity index is 197. The van der Waals surface area contributed by atoms with E-state index in [2.05, 4.69) is 23.8 Å². The number of hydrogen-bond donors (Lipinski definition) is 0. The molecule has 0 aliphatic heterocycles. The van der Waals surface area contributed by atoms with Gasteiger partial charge in [0.25, 0.3) is 0 Å². The van der Waals surface area contributed by atoms with Crippen LogP contribution >= 0.6 is 0 Å². The number of allylic oxidation sites excluding steroid dienone is 2. The molecule has 0 aromatic heterocycles. The predicted molar refractivity (Wildman–Crippen MR) is 73.0 cm³/mol. The van der Waals surface area contributed by atoms with Crippen LogP contribution < -0.4 is 0 Å². The predicted octanol–water partition coefficient (Wildman–Crippen LogP) is 4.64. The van der Waals surface area contributed by atoms with Crippen molar-refractivity contribution in [3.63, 3.8) is 0 Å². The maximum Gasteiger partial charge on any atom is 0.305 e. The van der Waals surface area contributed by atoms with Crippen molar-refractivity contribution >= 4 is 5.97 Å². The molecule has 0 heterocycles. The molecule has 100 valence electrons. The van der Waals surface area contributed by atoms with Crippen LogP contribution in [-0.2, 0) is 9.53 Å². The van der Waals surface area contributed by atoms with E-state index in [1.807, 2.05) is 0 Å². The molecular weight excluding hydrogens is 212 g/mol. The third-order valence-electron chi connectivity index (χ3n) is 2.87. The molecule has 0 aliphatic carbocycles. The van der Waals surface area contributed by atoms with Gasteiger partial charge in [0.1, 0.15) is 0 Å². The molecule has 0 atom stereocenters. The number of ether oxygens (including phenoxy) is 1. The largest absolute Gasteiger partial charge is 0.469 e. The fourth-order valence-corrected chi connectivity index (χ4v) is 1.74. The van der Waals surface area contributed by atoms with Crippen LogP contribution in [0.4, 0.5) is 0 Å². The van der Waals surface area contributed by atoms with Gasteiger partial charge in [0.2, 0.25) is 0 Å². The van der Waals surface area contributed by atoms with Gasteiger partial charge in [-0.15, -0.1) is 0 Å². The summed E-state index contributed by atoms with van der Waals surface area (Å²) < 4.78 is 4.59. The van der Waals surface area contributed by atoms with E-state index < -0.39 is 0 Å². The smallest absolute Gasteiger partial charge is 0.305 e. The van der Waals surface area contributed by atoms with Gasteiger partial charge in [-0.05, 0) is 32.1 Å².